The summed E-state index contributed by atoms with van der Waals surface area (Å²) >= 11 is 0. The number of pyridine rings is 1. The van der Waals surface area contributed by atoms with Crippen LogP contribution in [-0.2, 0) is 4.74 Å². The Morgan fingerprint density at radius 2 is 2.12 bits per heavy atom. The Balaban J connectivity index is 2.47. The van der Waals surface area contributed by atoms with Gasteiger partial charge < -0.3 is 9.14 Å². The van der Waals surface area contributed by atoms with Crippen LogP contribution in [0.2, 0.25) is 0 Å². The van der Waals surface area contributed by atoms with Crippen LogP contribution in [-0.4, -0.2) is 22.7 Å². The molecule has 1 atom stereocenters. The molecule has 2 rings (SSSR count). The van der Waals surface area contributed by atoms with Crippen molar-refractivity contribution < 1.29 is 17.9 Å². The molecule has 0 aromatic carbocycles. The molecule has 92 valence electrons. The molecular formula is C11H11F3N2O. The molecule has 2 aromatic heterocycles. The lowest BCUT2D eigenvalue weighted by atomic mass is 10.1. The number of methoxy groups -OCH3 is 1. The van der Waals surface area contributed by atoms with Crippen molar-refractivity contribution in [1.29, 1.82) is 0 Å². The largest absolute Gasteiger partial charge is 0.418 e. The van der Waals surface area contributed by atoms with Crippen LogP contribution in [0.1, 0.15) is 17.4 Å². The van der Waals surface area contributed by atoms with Crippen LogP contribution >= 0.6 is 0 Å². The molecular weight excluding hydrogens is 233 g/mol. The van der Waals surface area contributed by atoms with E-state index in [2.05, 4.69) is 9.72 Å². The minimum atomic E-state index is -4.42. The number of halogens is 3. The van der Waals surface area contributed by atoms with E-state index in [1.165, 1.54) is 12.1 Å². The first-order valence-corrected chi connectivity index (χ1v) is 4.96. The lowest BCUT2D eigenvalue weighted by Gasteiger charge is -2.18. The number of hydrogen-bond acceptors (Lipinski definition) is 2. The highest BCUT2D eigenvalue weighted by molar-refractivity contribution is 5.43. The van der Waals surface area contributed by atoms with Crippen molar-refractivity contribution in [3.63, 3.8) is 0 Å². The van der Waals surface area contributed by atoms with Gasteiger partial charge in [0.05, 0.1) is 5.69 Å². The van der Waals surface area contributed by atoms with E-state index in [9.17, 15) is 13.2 Å². The highest BCUT2D eigenvalue weighted by atomic mass is 19.4. The number of hydrogen-bond donors (Lipinski definition) is 0. The number of fused-ring (bicyclic) bond motifs is 1. The predicted molar refractivity (Wildman–Crippen MR) is 55.7 cm³/mol. The molecule has 2 heterocycles. The van der Waals surface area contributed by atoms with Crippen molar-refractivity contribution in [3.8, 4) is 0 Å². The smallest absolute Gasteiger partial charge is 0.367 e. The van der Waals surface area contributed by atoms with Crippen LogP contribution in [0.5, 0.6) is 0 Å². The van der Waals surface area contributed by atoms with Gasteiger partial charge in [-0.05, 0) is 24.6 Å². The molecule has 0 N–H and O–H groups in total. The van der Waals surface area contributed by atoms with Gasteiger partial charge in [0.15, 0.2) is 6.10 Å². The number of ether oxygens (including phenoxy) is 1. The van der Waals surface area contributed by atoms with E-state index in [-0.39, 0.29) is 5.56 Å². The third-order valence-corrected chi connectivity index (χ3v) is 2.44. The minimum absolute atomic E-state index is 0.0538. The average molecular weight is 244 g/mol. The number of imidazole rings is 1. The van der Waals surface area contributed by atoms with E-state index in [1.807, 2.05) is 0 Å². The third kappa shape index (κ3) is 2.26. The van der Waals surface area contributed by atoms with Crippen LogP contribution < -0.4 is 0 Å². The second-order valence-electron chi connectivity index (χ2n) is 3.77. The first kappa shape index (κ1) is 11.9. The lowest BCUT2D eigenvalue weighted by molar-refractivity contribution is -0.215. The van der Waals surface area contributed by atoms with Crippen molar-refractivity contribution in [2.45, 2.75) is 19.2 Å². The Bertz CT molecular complexity index is 533. The fourth-order valence-corrected chi connectivity index (χ4v) is 1.75. The number of rotatable bonds is 2. The number of nitrogens with zero attached hydrogens (tertiary/aromatic N) is 2. The van der Waals surface area contributed by atoms with Crippen molar-refractivity contribution in [2.75, 3.05) is 7.11 Å². The molecule has 1 unspecified atom stereocenters. The van der Waals surface area contributed by atoms with Crippen LogP contribution in [0.15, 0.2) is 24.5 Å². The van der Waals surface area contributed by atoms with E-state index >= 15 is 0 Å². The first-order valence-electron chi connectivity index (χ1n) is 4.96. The van der Waals surface area contributed by atoms with E-state index < -0.39 is 12.3 Å². The van der Waals surface area contributed by atoms with Crippen molar-refractivity contribution >= 4 is 5.65 Å². The Hall–Kier alpha value is -1.56. The van der Waals surface area contributed by atoms with Gasteiger partial charge in [-0.1, -0.05) is 0 Å². The molecule has 0 radical (unpaired) electrons. The van der Waals surface area contributed by atoms with Crippen LogP contribution in [0.4, 0.5) is 13.2 Å². The monoisotopic (exact) mass is 244 g/mol. The molecule has 0 saturated carbocycles. The maximum Gasteiger partial charge on any atom is 0.418 e. The standard InChI is InChI=1S/C11H11F3N2O/c1-7-6-16-4-3-8(5-9(16)15-7)10(17-2)11(12,13)14/h3-6,10H,1-2H3. The molecule has 0 aliphatic heterocycles. The molecule has 2 aromatic rings. The van der Waals surface area contributed by atoms with E-state index in [4.69, 9.17) is 0 Å². The molecule has 0 saturated heterocycles. The van der Waals surface area contributed by atoms with Gasteiger partial charge in [-0.3, -0.25) is 0 Å². The second kappa shape index (κ2) is 4.03. The van der Waals surface area contributed by atoms with Crippen LogP contribution in [0.3, 0.4) is 0 Å². The molecule has 0 bridgehead atoms. The summed E-state index contributed by atoms with van der Waals surface area (Å²) in [5, 5.41) is 0. The summed E-state index contributed by atoms with van der Waals surface area (Å²) in [4.78, 5) is 4.11. The third-order valence-electron chi connectivity index (χ3n) is 2.44. The maximum atomic E-state index is 12.7. The molecule has 0 spiro atoms. The molecule has 17 heavy (non-hydrogen) atoms. The molecule has 0 aliphatic rings. The highest BCUT2D eigenvalue weighted by Gasteiger charge is 2.41. The Labute approximate surface area is 95.8 Å². The highest BCUT2D eigenvalue weighted by Crippen LogP contribution is 2.35. The number of alkyl halides is 3. The summed E-state index contributed by atoms with van der Waals surface area (Å²) in [6, 6.07) is 2.77. The SMILES string of the molecule is COC(c1ccn2cc(C)nc2c1)C(F)(F)F. The van der Waals surface area contributed by atoms with Crippen molar-refractivity contribution in [1.82, 2.24) is 9.38 Å². The number of aryl methyl sites for hydroxylation is 1. The Morgan fingerprint density at radius 1 is 1.41 bits per heavy atom. The summed E-state index contributed by atoms with van der Waals surface area (Å²) in [6.07, 6.45) is -3.05. The summed E-state index contributed by atoms with van der Waals surface area (Å²) in [6.45, 7) is 1.78. The van der Waals surface area contributed by atoms with Gasteiger partial charge in [-0.2, -0.15) is 13.2 Å². The Kier molecular flexibility index (Phi) is 2.82. The van der Waals surface area contributed by atoms with Gasteiger partial charge in [0.1, 0.15) is 5.65 Å². The average Bonchev–Trinajstić information content (AvgIpc) is 2.56. The normalized spacial score (nSPS) is 14.2. The van der Waals surface area contributed by atoms with Gasteiger partial charge >= 0.3 is 6.18 Å². The Morgan fingerprint density at radius 3 is 2.71 bits per heavy atom. The fraction of sp³-hybridized carbons (Fsp3) is 0.364. The van der Waals surface area contributed by atoms with E-state index in [1.54, 1.807) is 23.7 Å². The quantitative estimate of drug-likeness (QED) is 0.812. The van der Waals surface area contributed by atoms with Gasteiger partial charge in [-0.15, -0.1) is 0 Å². The van der Waals surface area contributed by atoms with E-state index in [0.29, 0.717) is 5.65 Å². The minimum Gasteiger partial charge on any atom is -0.367 e. The lowest BCUT2D eigenvalue weighted by Crippen LogP contribution is -2.22. The number of aromatic nitrogens is 2. The van der Waals surface area contributed by atoms with Crippen molar-refractivity contribution in [2.24, 2.45) is 0 Å². The molecule has 0 fully saturated rings. The topological polar surface area (TPSA) is 26.5 Å². The zero-order chi connectivity index (χ0) is 12.6. The fourth-order valence-electron chi connectivity index (χ4n) is 1.75. The molecule has 0 aliphatic carbocycles. The van der Waals surface area contributed by atoms with Gasteiger partial charge in [-0.25, -0.2) is 4.98 Å². The van der Waals surface area contributed by atoms with E-state index in [0.717, 1.165) is 12.8 Å². The van der Waals surface area contributed by atoms with Crippen LogP contribution in [0.25, 0.3) is 5.65 Å². The molecule has 3 nitrogen and oxygen atoms in total. The second-order valence-corrected chi connectivity index (χ2v) is 3.77. The summed E-state index contributed by atoms with van der Waals surface area (Å²) in [5.74, 6) is 0. The maximum absolute atomic E-state index is 12.7. The molecule has 6 heteroatoms. The molecule has 0 amide bonds. The predicted octanol–water partition coefficient (Wildman–Crippen LogP) is 2.89. The summed E-state index contributed by atoms with van der Waals surface area (Å²) in [5.41, 5.74) is 1.28. The summed E-state index contributed by atoms with van der Waals surface area (Å²) < 4.78 is 44.1. The first-order chi connectivity index (χ1) is 7.91. The van der Waals surface area contributed by atoms with Gasteiger partial charge in [0.25, 0.3) is 0 Å². The summed E-state index contributed by atoms with van der Waals surface area (Å²) in [7, 11) is 1.04. The van der Waals surface area contributed by atoms with Crippen LogP contribution in [0, 0.1) is 6.92 Å². The van der Waals surface area contributed by atoms with Gasteiger partial charge in [0, 0.05) is 19.5 Å². The van der Waals surface area contributed by atoms with Crippen molar-refractivity contribution in [3.05, 3.63) is 35.8 Å². The zero-order valence-corrected chi connectivity index (χ0v) is 9.32. The van der Waals surface area contributed by atoms with Gasteiger partial charge in [0.2, 0.25) is 0 Å². The zero-order valence-electron chi connectivity index (χ0n) is 9.32.